The van der Waals surface area contributed by atoms with Gasteiger partial charge in [0.1, 0.15) is 5.82 Å². The van der Waals surface area contributed by atoms with E-state index in [9.17, 15) is 4.79 Å². The molecule has 2 fully saturated rings. The van der Waals surface area contributed by atoms with Gasteiger partial charge in [0.15, 0.2) is 5.69 Å². The minimum atomic E-state index is -0.451. The van der Waals surface area contributed by atoms with E-state index < -0.39 is 5.97 Å². The van der Waals surface area contributed by atoms with Crippen LogP contribution in [-0.4, -0.2) is 42.2 Å². The topological polar surface area (TPSA) is 81.3 Å². The van der Waals surface area contributed by atoms with Gasteiger partial charge in [-0.2, -0.15) is 0 Å². The lowest BCUT2D eigenvalue weighted by Crippen LogP contribution is -2.38. The maximum atomic E-state index is 11.5. The molecule has 0 spiro atoms. The lowest BCUT2D eigenvalue weighted by Gasteiger charge is -2.29. The van der Waals surface area contributed by atoms with Gasteiger partial charge < -0.3 is 15.4 Å². The van der Waals surface area contributed by atoms with Gasteiger partial charge in [-0.15, -0.1) is 0 Å². The van der Waals surface area contributed by atoms with E-state index in [4.69, 9.17) is 5.73 Å². The third kappa shape index (κ3) is 2.35. The van der Waals surface area contributed by atoms with Gasteiger partial charge in [-0.05, 0) is 24.7 Å². The van der Waals surface area contributed by atoms with Crippen molar-refractivity contribution >= 4 is 11.8 Å². The molecule has 1 aliphatic carbocycles. The van der Waals surface area contributed by atoms with Crippen molar-refractivity contribution in [3.63, 3.8) is 0 Å². The van der Waals surface area contributed by atoms with Crippen LogP contribution in [0.3, 0.4) is 0 Å². The number of anilines is 1. The number of rotatable bonds is 2. The Morgan fingerprint density at radius 3 is 3.00 bits per heavy atom. The Balaban J connectivity index is 1.79. The summed E-state index contributed by atoms with van der Waals surface area (Å²) in [6.07, 6.45) is 6.70. The van der Waals surface area contributed by atoms with Crippen LogP contribution in [0, 0.1) is 11.8 Å². The number of hydrogen-bond donors (Lipinski definition) is 1. The first-order valence-electron chi connectivity index (χ1n) is 7.10. The molecule has 3 rings (SSSR count). The van der Waals surface area contributed by atoms with E-state index in [1.165, 1.54) is 26.1 Å². The van der Waals surface area contributed by atoms with Crippen LogP contribution in [0.2, 0.25) is 0 Å². The van der Waals surface area contributed by atoms with Crippen LogP contribution in [0.25, 0.3) is 0 Å². The van der Waals surface area contributed by atoms with Gasteiger partial charge in [0, 0.05) is 19.1 Å². The maximum Gasteiger partial charge on any atom is 0.358 e. The highest BCUT2D eigenvalue weighted by atomic mass is 16.5. The molecular weight excluding hydrogens is 256 g/mol. The Morgan fingerprint density at radius 2 is 2.25 bits per heavy atom. The van der Waals surface area contributed by atoms with Crippen molar-refractivity contribution in [2.75, 3.05) is 25.1 Å². The number of nitrogens with two attached hydrogens (primary N) is 1. The van der Waals surface area contributed by atoms with E-state index in [1.807, 2.05) is 0 Å². The molecule has 0 amide bonds. The largest absolute Gasteiger partial charge is 0.464 e. The number of aromatic nitrogens is 2. The highest BCUT2D eigenvalue weighted by molar-refractivity contribution is 5.87. The molecule has 0 bridgehead atoms. The normalized spacial score (nSPS) is 29.1. The minimum absolute atomic E-state index is 0.254. The van der Waals surface area contributed by atoms with Gasteiger partial charge in [0.25, 0.3) is 0 Å². The van der Waals surface area contributed by atoms with E-state index in [0.717, 1.165) is 25.3 Å². The van der Waals surface area contributed by atoms with E-state index in [-0.39, 0.29) is 11.7 Å². The number of carbonyl (C=O) groups is 1. The molecule has 108 valence electrons. The first kappa shape index (κ1) is 13.3. The molecule has 0 aromatic carbocycles. The van der Waals surface area contributed by atoms with Crippen molar-refractivity contribution in [1.29, 1.82) is 0 Å². The summed E-state index contributed by atoms with van der Waals surface area (Å²) in [6.45, 7) is 1.86. The zero-order valence-corrected chi connectivity index (χ0v) is 11.7. The molecule has 20 heavy (non-hydrogen) atoms. The Morgan fingerprint density at radius 1 is 1.40 bits per heavy atom. The lowest BCUT2D eigenvalue weighted by atomic mass is 9.78. The van der Waals surface area contributed by atoms with Gasteiger partial charge in [-0.3, -0.25) is 4.98 Å². The van der Waals surface area contributed by atoms with Crippen LogP contribution < -0.4 is 10.6 Å². The Labute approximate surface area is 118 Å². The molecule has 6 nitrogen and oxygen atoms in total. The zero-order valence-electron chi connectivity index (χ0n) is 11.7. The van der Waals surface area contributed by atoms with Crippen molar-refractivity contribution in [3.8, 4) is 0 Å². The highest BCUT2D eigenvalue weighted by Gasteiger charge is 2.39. The third-order valence-electron chi connectivity index (χ3n) is 4.49. The molecule has 1 aromatic heterocycles. The van der Waals surface area contributed by atoms with Crippen LogP contribution in [-0.2, 0) is 4.74 Å². The van der Waals surface area contributed by atoms with Gasteiger partial charge >= 0.3 is 5.97 Å². The molecule has 6 heteroatoms. The number of carbonyl (C=O) groups excluding carboxylic acids is 1. The van der Waals surface area contributed by atoms with E-state index in [2.05, 4.69) is 19.6 Å². The maximum absolute atomic E-state index is 11.5. The molecule has 3 atom stereocenters. The predicted molar refractivity (Wildman–Crippen MR) is 74.4 cm³/mol. The minimum Gasteiger partial charge on any atom is -0.464 e. The summed E-state index contributed by atoms with van der Waals surface area (Å²) in [7, 11) is 1.35. The summed E-state index contributed by atoms with van der Waals surface area (Å²) < 4.78 is 4.69. The fourth-order valence-corrected chi connectivity index (χ4v) is 3.41. The van der Waals surface area contributed by atoms with Crippen molar-refractivity contribution in [2.45, 2.75) is 25.3 Å². The van der Waals surface area contributed by atoms with Crippen LogP contribution in [0.5, 0.6) is 0 Å². The predicted octanol–water partition coefficient (Wildman–Crippen LogP) is 0.827. The number of hydrogen-bond acceptors (Lipinski definition) is 6. The summed E-state index contributed by atoms with van der Waals surface area (Å²) in [5.74, 6) is 1.47. The lowest BCUT2D eigenvalue weighted by molar-refractivity contribution is 0.0593. The molecule has 2 heterocycles. The van der Waals surface area contributed by atoms with Crippen LogP contribution in [0.4, 0.5) is 5.82 Å². The summed E-state index contributed by atoms with van der Waals surface area (Å²) in [5.41, 5.74) is 6.48. The summed E-state index contributed by atoms with van der Waals surface area (Å²) in [4.78, 5) is 22.2. The summed E-state index contributed by atoms with van der Waals surface area (Å²) in [6, 6.07) is 0.287. The van der Waals surface area contributed by atoms with Crippen molar-refractivity contribution < 1.29 is 9.53 Å². The smallest absolute Gasteiger partial charge is 0.358 e. The fourth-order valence-electron chi connectivity index (χ4n) is 3.41. The van der Waals surface area contributed by atoms with Crippen molar-refractivity contribution in [3.05, 3.63) is 18.1 Å². The van der Waals surface area contributed by atoms with Crippen molar-refractivity contribution in [2.24, 2.45) is 17.6 Å². The molecule has 3 unspecified atom stereocenters. The molecule has 0 radical (unpaired) electrons. The second kappa shape index (κ2) is 5.36. The molecule has 2 aliphatic rings. The second-order valence-electron chi connectivity index (χ2n) is 5.68. The highest BCUT2D eigenvalue weighted by Crippen LogP contribution is 2.36. The molecule has 1 aromatic rings. The molecule has 1 saturated heterocycles. The van der Waals surface area contributed by atoms with E-state index in [0.29, 0.717) is 11.8 Å². The van der Waals surface area contributed by atoms with E-state index >= 15 is 0 Å². The average Bonchev–Trinajstić information content (AvgIpc) is 2.92. The number of fused-ring (bicyclic) bond motifs is 1. The average molecular weight is 276 g/mol. The Hall–Kier alpha value is -1.69. The van der Waals surface area contributed by atoms with Gasteiger partial charge in [-0.1, -0.05) is 6.42 Å². The number of ether oxygens (including phenoxy) is 1. The standard InChI is InChI=1S/C14H20N4O2/c1-20-14(19)12-5-16-6-13(17-12)18-7-9-3-2-4-11(15)10(9)8-18/h5-6,9-11H,2-4,7-8,15H2,1H3. The van der Waals surface area contributed by atoms with Crippen molar-refractivity contribution in [1.82, 2.24) is 9.97 Å². The van der Waals surface area contributed by atoms with Gasteiger partial charge in [-0.25, -0.2) is 9.78 Å². The fraction of sp³-hybridized carbons (Fsp3) is 0.643. The second-order valence-corrected chi connectivity index (χ2v) is 5.68. The molecule has 2 N–H and O–H groups in total. The zero-order chi connectivity index (χ0) is 14.1. The number of nitrogens with zero attached hydrogens (tertiary/aromatic N) is 3. The van der Waals surface area contributed by atoms with Crippen LogP contribution in [0.15, 0.2) is 12.4 Å². The monoisotopic (exact) mass is 276 g/mol. The van der Waals surface area contributed by atoms with Crippen LogP contribution in [0.1, 0.15) is 29.8 Å². The molecule has 1 aliphatic heterocycles. The Kier molecular flexibility index (Phi) is 3.56. The van der Waals surface area contributed by atoms with Gasteiger partial charge in [0.05, 0.1) is 19.5 Å². The summed E-state index contributed by atoms with van der Waals surface area (Å²) in [5, 5.41) is 0. The number of methoxy groups -OCH3 is 1. The Bertz CT molecular complexity index is 508. The van der Waals surface area contributed by atoms with Crippen LogP contribution >= 0.6 is 0 Å². The van der Waals surface area contributed by atoms with Gasteiger partial charge in [0.2, 0.25) is 0 Å². The number of esters is 1. The molecule has 1 saturated carbocycles. The molecular formula is C14H20N4O2. The quantitative estimate of drug-likeness (QED) is 0.806. The van der Waals surface area contributed by atoms with E-state index in [1.54, 1.807) is 6.20 Å². The summed E-state index contributed by atoms with van der Waals surface area (Å²) >= 11 is 0. The first-order chi connectivity index (χ1) is 9.69. The first-order valence-corrected chi connectivity index (χ1v) is 7.10. The third-order valence-corrected chi connectivity index (χ3v) is 4.49. The SMILES string of the molecule is COC(=O)c1cncc(N2CC3CCCC(N)C3C2)n1.